The maximum absolute atomic E-state index is 10.5. The zero-order valence-corrected chi connectivity index (χ0v) is 10.3. The van der Waals surface area contributed by atoms with Gasteiger partial charge in [-0.25, -0.2) is 0 Å². The van der Waals surface area contributed by atoms with Crippen LogP contribution >= 0.6 is 0 Å². The largest absolute Gasteiger partial charge is 0.395 e. The summed E-state index contributed by atoms with van der Waals surface area (Å²) in [4.78, 5) is 12.0. The Balaban J connectivity index is 2.08. The smallest absolute Gasteiger partial charge is 0.269 e. The highest BCUT2D eigenvalue weighted by Gasteiger charge is 2.03. The Hall–Kier alpha value is -2.40. The number of non-ortho nitro benzene ring substituents is 1. The van der Waals surface area contributed by atoms with Gasteiger partial charge < -0.3 is 10.0 Å². The van der Waals surface area contributed by atoms with Crippen LogP contribution in [0.3, 0.4) is 0 Å². The van der Waals surface area contributed by atoms with Crippen LogP contribution in [-0.2, 0) is 0 Å². The molecule has 0 saturated carbocycles. The predicted octanol–water partition coefficient (Wildman–Crippen LogP) is 2.31. The highest BCUT2D eigenvalue weighted by molar-refractivity contribution is 5.61. The molecular formula is C14H14N2O3. The molecule has 5 nitrogen and oxygen atoms in total. The van der Waals surface area contributed by atoms with Gasteiger partial charge in [0.15, 0.2) is 0 Å². The highest BCUT2D eigenvalue weighted by atomic mass is 16.6. The molecule has 0 fully saturated rings. The van der Waals surface area contributed by atoms with Gasteiger partial charge in [-0.3, -0.25) is 10.1 Å². The SMILES string of the molecule is O=[N+]([O-])c1ccc(C=C2C=CN(CCO)C=C2)cc1. The zero-order chi connectivity index (χ0) is 13.7. The number of hydrogen-bond donors (Lipinski definition) is 1. The first-order valence-corrected chi connectivity index (χ1v) is 5.88. The zero-order valence-electron chi connectivity index (χ0n) is 10.3. The number of benzene rings is 1. The summed E-state index contributed by atoms with van der Waals surface area (Å²) in [6, 6.07) is 6.40. The molecule has 98 valence electrons. The van der Waals surface area contributed by atoms with Gasteiger partial charge in [-0.2, -0.15) is 0 Å². The van der Waals surface area contributed by atoms with E-state index in [0.29, 0.717) is 6.54 Å². The molecule has 0 aliphatic carbocycles. The molecule has 0 aromatic heterocycles. The van der Waals surface area contributed by atoms with Crippen LogP contribution in [0.5, 0.6) is 0 Å². The molecule has 0 atom stereocenters. The fourth-order valence-electron chi connectivity index (χ4n) is 1.71. The van der Waals surface area contributed by atoms with Crippen LogP contribution in [0.1, 0.15) is 5.56 Å². The van der Waals surface area contributed by atoms with Crippen LogP contribution in [0, 0.1) is 10.1 Å². The number of aliphatic hydroxyl groups excluding tert-OH is 1. The standard InChI is InChI=1S/C14H14N2O3/c17-10-9-15-7-5-13(6-8-15)11-12-1-3-14(4-2-12)16(18)19/h1-8,11,17H,9-10H2. The van der Waals surface area contributed by atoms with Crippen molar-refractivity contribution in [3.63, 3.8) is 0 Å². The summed E-state index contributed by atoms with van der Waals surface area (Å²) in [5, 5.41) is 19.4. The maximum Gasteiger partial charge on any atom is 0.269 e. The Labute approximate surface area is 110 Å². The van der Waals surface area contributed by atoms with Gasteiger partial charge >= 0.3 is 0 Å². The lowest BCUT2D eigenvalue weighted by Gasteiger charge is -2.17. The molecule has 0 radical (unpaired) electrons. The molecule has 1 N–H and O–H groups in total. The van der Waals surface area contributed by atoms with Gasteiger partial charge in [0, 0.05) is 31.1 Å². The fourth-order valence-corrected chi connectivity index (χ4v) is 1.71. The van der Waals surface area contributed by atoms with Crippen LogP contribution in [0.4, 0.5) is 5.69 Å². The van der Waals surface area contributed by atoms with Crippen molar-refractivity contribution >= 4 is 11.8 Å². The number of aliphatic hydroxyl groups is 1. The minimum atomic E-state index is -0.413. The Morgan fingerprint density at radius 1 is 1.21 bits per heavy atom. The van der Waals surface area contributed by atoms with E-state index in [1.165, 1.54) is 12.1 Å². The number of nitro benzene ring substituents is 1. The third kappa shape index (κ3) is 3.53. The summed E-state index contributed by atoms with van der Waals surface area (Å²) >= 11 is 0. The van der Waals surface area contributed by atoms with Crippen LogP contribution in [0.15, 0.2) is 54.4 Å². The van der Waals surface area contributed by atoms with Gasteiger partial charge in [0.05, 0.1) is 11.5 Å². The summed E-state index contributed by atoms with van der Waals surface area (Å²) in [6.07, 6.45) is 9.56. The molecule has 0 amide bonds. The minimum absolute atomic E-state index is 0.0889. The first-order valence-electron chi connectivity index (χ1n) is 5.88. The summed E-state index contributed by atoms with van der Waals surface area (Å²) in [6.45, 7) is 0.674. The molecule has 1 aromatic rings. The highest BCUT2D eigenvalue weighted by Crippen LogP contribution is 2.17. The summed E-state index contributed by atoms with van der Waals surface area (Å²) < 4.78 is 0. The lowest BCUT2D eigenvalue weighted by atomic mass is 10.1. The lowest BCUT2D eigenvalue weighted by molar-refractivity contribution is -0.384. The maximum atomic E-state index is 10.5. The molecule has 0 spiro atoms. The second kappa shape index (κ2) is 5.97. The van der Waals surface area contributed by atoms with Crippen molar-refractivity contribution in [2.45, 2.75) is 0 Å². The second-order valence-electron chi connectivity index (χ2n) is 4.09. The molecule has 0 bridgehead atoms. The Kier molecular flexibility index (Phi) is 4.10. The van der Waals surface area contributed by atoms with Crippen LogP contribution in [0.25, 0.3) is 6.08 Å². The van der Waals surface area contributed by atoms with E-state index in [2.05, 4.69) is 0 Å². The fraction of sp³-hybridized carbons (Fsp3) is 0.143. The quantitative estimate of drug-likeness (QED) is 0.664. The third-order valence-electron chi connectivity index (χ3n) is 2.71. The first kappa shape index (κ1) is 13.0. The molecular weight excluding hydrogens is 244 g/mol. The molecule has 0 saturated heterocycles. The van der Waals surface area contributed by atoms with Gasteiger partial charge in [0.2, 0.25) is 0 Å². The average Bonchev–Trinajstić information content (AvgIpc) is 2.42. The molecule has 5 heteroatoms. The van der Waals surface area contributed by atoms with Crippen molar-refractivity contribution in [2.24, 2.45) is 0 Å². The summed E-state index contributed by atoms with van der Waals surface area (Å²) in [5.74, 6) is 0. The Bertz CT molecular complexity index is 528. The number of allylic oxidation sites excluding steroid dienone is 3. The van der Waals surface area contributed by atoms with E-state index in [4.69, 9.17) is 5.11 Å². The van der Waals surface area contributed by atoms with Gasteiger partial charge in [-0.05, 0) is 41.5 Å². The molecule has 1 aliphatic rings. The van der Waals surface area contributed by atoms with Crippen molar-refractivity contribution in [3.8, 4) is 0 Å². The summed E-state index contributed by atoms with van der Waals surface area (Å²) in [5.41, 5.74) is 2.00. The number of nitro groups is 1. The van der Waals surface area contributed by atoms with E-state index in [0.717, 1.165) is 11.1 Å². The number of nitrogens with zero attached hydrogens (tertiary/aromatic N) is 2. The van der Waals surface area contributed by atoms with Gasteiger partial charge in [0.1, 0.15) is 0 Å². The van der Waals surface area contributed by atoms with Crippen LogP contribution in [-0.4, -0.2) is 28.1 Å². The number of rotatable bonds is 4. The van der Waals surface area contributed by atoms with Crippen LogP contribution in [0.2, 0.25) is 0 Å². The van der Waals surface area contributed by atoms with Crippen molar-refractivity contribution in [1.29, 1.82) is 0 Å². The van der Waals surface area contributed by atoms with E-state index in [9.17, 15) is 10.1 Å². The van der Waals surface area contributed by atoms with Crippen molar-refractivity contribution < 1.29 is 10.0 Å². The number of β-amino-alcohol motifs (C(OH)–C–C–N with tert-alkyl or cyclic N) is 1. The Morgan fingerprint density at radius 2 is 1.84 bits per heavy atom. The summed E-state index contributed by atoms with van der Waals surface area (Å²) in [7, 11) is 0. The lowest BCUT2D eigenvalue weighted by Crippen LogP contribution is -2.15. The second-order valence-corrected chi connectivity index (χ2v) is 4.09. The normalized spacial score (nSPS) is 13.7. The topological polar surface area (TPSA) is 66.6 Å². The van der Waals surface area contributed by atoms with Crippen LogP contribution < -0.4 is 0 Å². The number of hydrogen-bond acceptors (Lipinski definition) is 4. The van der Waals surface area contributed by atoms with E-state index >= 15 is 0 Å². The first-order chi connectivity index (χ1) is 9.19. The third-order valence-corrected chi connectivity index (χ3v) is 2.71. The van der Waals surface area contributed by atoms with Crippen molar-refractivity contribution in [1.82, 2.24) is 4.90 Å². The van der Waals surface area contributed by atoms with Gasteiger partial charge in [0.25, 0.3) is 5.69 Å². The van der Waals surface area contributed by atoms with Crippen molar-refractivity contribution in [2.75, 3.05) is 13.2 Å². The average molecular weight is 258 g/mol. The molecule has 1 aliphatic heterocycles. The molecule has 1 heterocycles. The monoisotopic (exact) mass is 258 g/mol. The van der Waals surface area contributed by atoms with E-state index in [1.54, 1.807) is 12.1 Å². The molecule has 2 rings (SSSR count). The van der Waals surface area contributed by atoms with E-state index < -0.39 is 4.92 Å². The Morgan fingerprint density at radius 3 is 2.37 bits per heavy atom. The minimum Gasteiger partial charge on any atom is -0.395 e. The van der Waals surface area contributed by atoms with Crippen molar-refractivity contribution in [3.05, 3.63) is 70.1 Å². The molecule has 19 heavy (non-hydrogen) atoms. The van der Waals surface area contributed by atoms with Gasteiger partial charge in [-0.15, -0.1) is 0 Å². The van der Waals surface area contributed by atoms with E-state index in [1.807, 2.05) is 35.5 Å². The predicted molar refractivity (Wildman–Crippen MR) is 73.1 cm³/mol. The molecule has 1 aromatic carbocycles. The van der Waals surface area contributed by atoms with Gasteiger partial charge in [-0.1, -0.05) is 0 Å². The molecule has 0 unspecified atom stereocenters. The van der Waals surface area contributed by atoms with E-state index in [-0.39, 0.29) is 12.3 Å².